The molecule has 54 valence electrons. The van der Waals surface area contributed by atoms with Crippen molar-refractivity contribution in [3.8, 4) is 0 Å². The van der Waals surface area contributed by atoms with Gasteiger partial charge in [0.15, 0.2) is 0 Å². The van der Waals surface area contributed by atoms with E-state index in [1.54, 1.807) is 6.20 Å². The number of carbonyl (C=O) groups excluding carboxylic acids is 1. The third-order valence-corrected chi connectivity index (χ3v) is 1.88. The molecule has 0 atom stereocenters. The maximum Gasteiger partial charge on any atom is 1.00 e. The van der Waals surface area contributed by atoms with Crippen molar-refractivity contribution in [2.75, 3.05) is 0 Å². The van der Waals surface area contributed by atoms with Crippen molar-refractivity contribution in [1.82, 2.24) is 4.98 Å². The third-order valence-electron chi connectivity index (χ3n) is 0.965. The van der Waals surface area contributed by atoms with Crippen LogP contribution in [0.2, 0.25) is 0 Å². The fourth-order valence-corrected chi connectivity index (χ4v) is 1.38. The summed E-state index contributed by atoms with van der Waals surface area (Å²) in [6.45, 7) is 1.89. The Labute approximate surface area is 90.8 Å². The first-order valence-corrected chi connectivity index (χ1v) is 3.61. The summed E-state index contributed by atoms with van der Waals surface area (Å²) in [7, 11) is 0. The number of carboxylic acid groups (broad SMARTS) is 1. The first kappa shape index (κ1) is 11.1. The minimum atomic E-state index is -1.07. The van der Waals surface area contributed by atoms with Crippen LogP contribution in [0.5, 0.6) is 0 Å². The molecule has 0 saturated carbocycles. The number of thiazole rings is 1. The molecule has 0 aliphatic heterocycles. The summed E-state index contributed by atoms with van der Waals surface area (Å²) in [4.78, 5) is 14.9. The molecule has 1 heterocycles. The van der Waals surface area contributed by atoms with Crippen molar-refractivity contribution in [3.05, 3.63) is 16.1 Å². The van der Waals surface area contributed by atoms with Crippen LogP contribution in [0.25, 0.3) is 0 Å². The molecule has 1 rings (SSSR count). The number of rotatable bonds is 2. The minimum absolute atomic E-state index is 0. The molecule has 0 aliphatic carbocycles. The van der Waals surface area contributed by atoms with E-state index in [1.807, 2.05) is 6.92 Å². The SMILES string of the molecule is Cc1cnc(CC(=O)[O-])s1.[Na+]. The van der Waals surface area contributed by atoms with Gasteiger partial charge in [-0.15, -0.1) is 11.3 Å². The van der Waals surface area contributed by atoms with Gasteiger partial charge in [0.2, 0.25) is 0 Å². The third kappa shape index (κ3) is 3.86. The molecule has 0 aromatic carbocycles. The molecule has 0 radical (unpaired) electrons. The molecular formula is C6H6NNaO2S. The van der Waals surface area contributed by atoms with Crippen LogP contribution in [0.1, 0.15) is 9.88 Å². The van der Waals surface area contributed by atoms with Crippen molar-refractivity contribution in [2.45, 2.75) is 13.3 Å². The van der Waals surface area contributed by atoms with Gasteiger partial charge in [-0.2, -0.15) is 0 Å². The van der Waals surface area contributed by atoms with Crippen molar-refractivity contribution in [1.29, 1.82) is 0 Å². The predicted molar refractivity (Wildman–Crippen MR) is 35.6 cm³/mol. The molecule has 0 N–H and O–H groups in total. The second-order valence-corrected chi connectivity index (χ2v) is 3.23. The van der Waals surface area contributed by atoms with E-state index in [2.05, 4.69) is 4.98 Å². The Hall–Kier alpha value is 0.1000. The standard InChI is InChI=1S/C6H7NO2S.Na/c1-4-3-7-5(10-4)2-6(8)9;/h3H,2H2,1H3,(H,8,9);/q;+1/p-1. The van der Waals surface area contributed by atoms with Gasteiger partial charge in [-0.25, -0.2) is 4.98 Å². The van der Waals surface area contributed by atoms with E-state index in [0.717, 1.165) is 4.88 Å². The number of nitrogens with zero attached hydrogens (tertiary/aromatic N) is 1. The number of hydrogen-bond acceptors (Lipinski definition) is 4. The van der Waals surface area contributed by atoms with Crippen molar-refractivity contribution in [3.63, 3.8) is 0 Å². The molecule has 0 saturated heterocycles. The first-order chi connectivity index (χ1) is 4.68. The number of aryl methyl sites for hydroxylation is 1. The van der Waals surface area contributed by atoms with E-state index >= 15 is 0 Å². The molecule has 11 heavy (non-hydrogen) atoms. The second kappa shape index (κ2) is 4.87. The maximum absolute atomic E-state index is 10.0. The molecular weight excluding hydrogens is 173 g/mol. The smallest absolute Gasteiger partial charge is 0.550 e. The van der Waals surface area contributed by atoms with Gasteiger partial charge in [0.25, 0.3) is 0 Å². The summed E-state index contributed by atoms with van der Waals surface area (Å²) in [6, 6.07) is 0. The molecule has 0 fully saturated rings. The Kier molecular flexibility index (Phi) is 4.92. The average molecular weight is 179 g/mol. The van der Waals surface area contributed by atoms with Gasteiger partial charge in [0, 0.05) is 23.5 Å². The quantitative estimate of drug-likeness (QED) is 0.448. The van der Waals surface area contributed by atoms with Gasteiger partial charge in [0.05, 0.1) is 5.01 Å². The molecule has 5 heteroatoms. The van der Waals surface area contributed by atoms with E-state index in [0.29, 0.717) is 5.01 Å². The Morgan fingerprint density at radius 1 is 1.82 bits per heavy atom. The van der Waals surface area contributed by atoms with Crippen LogP contribution >= 0.6 is 11.3 Å². The van der Waals surface area contributed by atoms with Gasteiger partial charge in [-0.1, -0.05) is 0 Å². The number of aromatic nitrogens is 1. The molecule has 3 nitrogen and oxygen atoms in total. The number of aliphatic carboxylic acids is 1. The van der Waals surface area contributed by atoms with Gasteiger partial charge >= 0.3 is 29.6 Å². The zero-order chi connectivity index (χ0) is 7.56. The summed E-state index contributed by atoms with van der Waals surface area (Å²) in [5.41, 5.74) is 0. The van der Waals surface area contributed by atoms with Crippen LogP contribution in [0.15, 0.2) is 6.20 Å². The summed E-state index contributed by atoms with van der Waals surface area (Å²) in [5, 5.41) is 10.6. The first-order valence-electron chi connectivity index (χ1n) is 2.79. The Morgan fingerprint density at radius 3 is 2.82 bits per heavy atom. The summed E-state index contributed by atoms with van der Waals surface area (Å²) in [6.07, 6.45) is 1.58. The molecule has 0 bridgehead atoms. The fourth-order valence-electron chi connectivity index (χ4n) is 0.607. The number of hydrogen-bond donors (Lipinski definition) is 0. The van der Waals surface area contributed by atoms with Crippen LogP contribution in [-0.4, -0.2) is 11.0 Å². The molecule has 0 amide bonds. The summed E-state index contributed by atoms with van der Waals surface area (Å²) in [5.74, 6) is -1.07. The van der Waals surface area contributed by atoms with Crippen LogP contribution in [0.4, 0.5) is 0 Å². The molecule has 0 unspecified atom stereocenters. The predicted octanol–water partition coefficient (Wildman–Crippen LogP) is -3.25. The topological polar surface area (TPSA) is 53.0 Å². The maximum atomic E-state index is 10.0. The average Bonchev–Trinajstić information content (AvgIpc) is 2.13. The number of carbonyl (C=O) groups is 1. The largest absolute Gasteiger partial charge is 1.00 e. The van der Waals surface area contributed by atoms with Gasteiger partial charge in [-0.3, -0.25) is 0 Å². The van der Waals surface area contributed by atoms with E-state index in [1.165, 1.54) is 11.3 Å². The Bertz CT molecular complexity index is 248. The molecule has 0 aliphatic rings. The zero-order valence-corrected chi connectivity index (χ0v) is 9.27. The minimum Gasteiger partial charge on any atom is -0.550 e. The van der Waals surface area contributed by atoms with Gasteiger partial charge < -0.3 is 9.90 Å². The number of carboxylic acids is 1. The van der Waals surface area contributed by atoms with E-state index in [9.17, 15) is 9.90 Å². The van der Waals surface area contributed by atoms with Crippen LogP contribution in [-0.2, 0) is 11.2 Å². The normalized spacial score (nSPS) is 8.82. The second-order valence-electron chi connectivity index (χ2n) is 1.91. The van der Waals surface area contributed by atoms with E-state index in [-0.39, 0.29) is 36.0 Å². The Morgan fingerprint density at radius 2 is 2.45 bits per heavy atom. The van der Waals surface area contributed by atoms with Gasteiger partial charge in [0.1, 0.15) is 0 Å². The molecule has 0 spiro atoms. The van der Waals surface area contributed by atoms with E-state index < -0.39 is 5.97 Å². The van der Waals surface area contributed by atoms with Crippen molar-refractivity contribution < 1.29 is 39.5 Å². The Balaban J connectivity index is 0.000001000. The summed E-state index contributed by atoms with van der Waals surface area (Å²) < 4.78 is 0. The van der Waals surface area contributed by atoms with Gasteiger partial charge in [-0.05, 0) is 6.92 Å². The van der Waals surface area contributed by atoms with Crippen molar-refractivity contribution in [2.24, 2.45) is 0 Å². The fraction of sp³-hybridized carbons (Fsp3) is 0.333. The molecule has 1 aromatic heterocycles. The van der Waals surface area contributed by atoms with Crippen molar-refractivity contribution >= 4 is 17.3 Å². The summed E-state index contributed by atoms with van der Waals surface area (Å²) >= 11 is 1.38. The van der Waals surface area contributed by atoms with E-state index in [4.69, 9.17) is 0 Å². The van der Waals surface area contributed by atoms with Crippen LogP contribution in [0, 0.1) is 6.92 Å². The molecule has 1 aromatic rings. The van der Waals surface area contributed by atoms with Crippen LogP contribution in [0.3, 0.4) is 0 Å². The monoisotopic (exact) mass is 179 g/mol. The van der Waals surface area contributed by atoms with Crippen LogP contribution < -0.4 is 34.7 Å². The zero-order valence-electron chi connectivity index (χ0n) is 6.46.